The van der Waals surface area contributed by atoms with E-state index in [1.165, 1.54) is 29.8 Å². The first-order valence-electron chi connectivity index (χ1n) is 9.83. The van der Waals surface area contributed by atoms with Crippen LogP contribution in [0.3, 0.4) is 0 Å². The Morgan fingerprint density at radius 1 is 1.04 bits per heavy atom. The van der Waals surface area contributed by atoms with Crippen LogP contribution in [0.25, 0.3) is 0 Å². The van der Waals surface area contributed by atoms with E-state index < -0.39 is 10.0 Å². The van der Waals surface area contributed by atoms with Gasteiger partial charge in [0.25, 0.3) is 5.91 Å². The molecule has 2 saturated carbocycles. The second-order valence-corrected chi connectivity index (χ2v) is 9.93. The van der Waals surface area contributed by atoms with Crippen molar-refractivity contribution in [1.29, 1.82) is 0 Å². The minimum Gasteiger partial charge on any atom is -0.349 e. The number of carbonyl (C=O) groups excluding carboxylic acids is 1. The number of anilines is 1. The van der Waals surface area contributed by atoms with Gasteiger partial charge in [-0.3, -0.25) is 9.10 Å². The van der Waals surface area contributed by atoms with Crippen LogP contribution in [0.15, 0.2) is 54.6 Å². The number of carbonyl (C=O) groups is 1. The Bertz CT molecular complexity index is 959. The van der Waals surface area contributed by atoms with Crippen LogP contribution in [-0.2, 0) is 16.6 Å². The Labute approximate surface area is 166 Å². The zero-order valence-electron chi connectivity index (χ0n) is 16.0. The fraction of sp³-hybridized carbons (Fsp3) is 0.409. The van der Waals surface area contributed by atoms with Crippen LogP contribution in [0.4, 0.5) is 5.69 Å². The molecule has 1 N–H and O–H groups in total. The van der Waals surface area contributed by atoms with Crippen molar-refractivity contribution in [2.24, 2.45) is 11.8 Å². The van der Waals surface area contributed by atoms with Gasteiger partial charge in [0.2, 0.25) is 10.0 Å². The summed E-state index contributed by atoms with van der Waals surface area (Å²) in [6.45, 7) is 0.193. The maximum absolute atomic E-state index is 13.0. The highest BCUT2D eigenvalue weighted by Gasteiger charge is 2.40. The summed E-state index contributed by atoms with van der Waals surface area (Å²) in [5.74, 6) is 1.11. The molecule has 0 unspecified atom stereocenters. The molecule has 0 saturated heterocycles. The Morgan fingerprint density at radius 2 is 1.75 bits per heavy atom. The Hall–Kier alpha value is -2.34. The maximum Gasteiger partial charge on any atom is 0.253 e. The standard InChI is InChI=1S/C22H26N2O3S/c1-28(26,27)24(15-16-7-3-2-4-8-16)21-10-6-5-9-19(21)22(25)23-20-14-17-11-12-18(20)13-17/h2-10,17-18,20H,11-15H2,1H3,(H,23,25)/t17-,18-,20-/m0/s1. The fourth-order valence-electron chi connectivity index (χ4n) is 4.68. The van der Waals surface area contributed by atoms with E-state index >= 15 is 0 Å². The summed E-state index contributed by atoms with van der Waals surface area (Å²) in [6, 6.07) is 16.6. The molecule has 0 aromatic heterocycles. The van der Waals surface area contributed by atoms with Gasteiger partial charge in [0.15, 0.2) is 0 Å². The molecule has 6 heteroatoms. The van der Waals surface area contributed by atoms with Gasteiger partial charge in [0, 0.05) is 6.04 Å². The van der Waals surface area contributed by atoms with Crippen LogP contribution in [-0.4, -0.2) is 26.6 Å². The topological polar surface area (TPSA) is 66.5 Å². The van der Waals surface area contributed by atoms with Gasteiger partial charge in [-0.05, 0) is 48.8 Å². The van der Waals surface area contributed by atoms with E-state index in [9.17, 15) is 13.2 Å². The molecule has 28 heavy (non-hydrogen) atoms. The Balaban J connectivity index is 1.62. The van der Waals surface area contributed by atoms with Gasteiger partial charge >= 0.3 is 0 Å². The lowest BCUT2D eigenvalue weighted by atomic mass is 9.95. The van der Waals surface area contributed by atoms with Gasteiger partial charge in [-0.25, -0.2) is 8.42 Å². The van der Waals surface area contributed by atoms with Crippen molar-refractivity contribution in [3.05, 3.63) is 65.7 Å². The van der Waals surface area contributed by atoms with Crippen molar-refractivity contribution in [3.8, 4) is 0 Å². The molecular formula is C22H26N2O3S. The number of benzene rings is 2. The van der Waals surface area contributed by atoms with Crippen LogP contribution >= 0.6 is 0 Å². The summed E-state index contributed by atoms with van der Waals surface area (Å²) in [6.07, 6.45) is 5.88. The van der Waals surface area contributed by atoms with Gasteiger partial charge in [-0.1, -0.05) is 48.9 Å². The third kappa shape index (κ3) is 3.92. The minimum absolute atomic E-state index is 0.185. The number of nitrogens with one attached hydrogen (secondary N) is 1. The molecule has 148 valence electrons. The van der Waals surface area contributed by atoms with Crippen LogP contribution < -0.4 is 9.62 Å². The largest absolute Gasteiger partial charge is 0.349 e. The quantitative estimate of drug-likeness (QED) is 0.809. The Kier molecular flexibility index (Phi) is 5.15. The highest BCUT2D eigenvalue weighted by atomic mass is 32.2. The molecule has 5 nitrogen and oxygen atoms in total. The number of hydrogen-bond donors (Lipinski definition) is 1. The fourth-order valence-corrected chi connectivity index (χ4v) is 5.58. The number of hydrogen-bond acceptors (Lipinski definition) is 3. The van der Waals surface area contributed by atoms with Gasteiger partial charge in [-0.15, -0.1) is 0 Å². The van der Waals surface area contributed by atoms with E-state index in [2.05, 4.69) is 5.32 Å². The molecule has 2 fully saturated rings. The molecular weight excluding hydrogens is 372 g/mol. The number of para-hydroxylation sites is 1. The van der Waals surface area contributed by atoms with E-state index in [-0.39, 0.29) is 18.5 Å². The van der Waals surface area contributed by atoms with Gasteiger partial charge in [0.05, 0.1) is 24.1 Å². The average Bonchev–Trinajstić information content (AvgIpc) is 3.29. The van der Waals surface area contributed by atoms with Crippen molar-refractivity contribution < 1.29 is 13.2 Å². The predicted molar refractivity (Wildman–Crippen MR) is 111 cm³/mol. The molecule has 2 aliphatic rings. The van der Waals surface area contributed by atoms with Crippen molar-refractivity contribution in [2.75, 3.05) is 10.6 Å². The summed E-state index contributed by atoms with van der Waals surface area (Å²) in [5.41, 5.74) is 1.71. The second-order valence-electron chi connectivity index (χ2n) is 8.03. The number of rotatable bonds is 6. The van der Waals surface area contributed by atoms with Crippen molar-refractivity contribution >= 4 is 21.6 Å². The summed E-state index contributed by atoms with van der Waals surface area (Å²) in [7, 11) is -3.55. The molecule has 1 amide bonds. The van der Waals surface area contributed by atoms with Crippen LogP contribution in [0.2, 0.25) is 0 Å². The first-order chi connectivity index (χ1) is 13.4. The summed E-state index contributed by atoms with van der Waals surface area (Å²) >= 11 is 0. The van der Waals surface area contributed by atoms with Crippen LogP contribution in [0, 0.1) is 11.8 Å². The number of nitrogens with zero attached hydrogens (tertiary/aromatic N) is 1. The smallest absolute Gasteiger partial charge is 0.253 e. The zero-order chi connectivity index (χ0) is 19.7. The molecule has 0 radical (unpaired) electrons. The summed E-state index contributed by atoms with van der Waals surface area (Å²) < 4.78 is 26.4. The van der Waals surface area contributed by atoms with Crippen molar-refractivity contribution in [1.82, 2.24) is 5.32 Å². The van der Waals surface area contributed by atoms with Crippen LogP contribution in [0.5, 0.6) is 0 Å². The third-order valence-electron chi connectivity index (χ3n) is 6.04. The van der Waals surface area contributed by atoms with Gasteiger partial charge < -0.3 is 5.32 Å². The highest BCUT2D eigenvalue weighted by molar-refractivity contribution is 7.92. The monoisotopic (exact) mass is 398 g/mol. The van der Waals surface area contributed by atoms with Crippen LogP contribution in [0.1, 0.15) is 41.6 Å². The molecule has 4 rings (SSSR count). The SMILES string of the molecule is CS(=O)(=O)N(Cc1ccccc1)c1ccccc1C(=O)N[C@H]1C[C@H]2CC[C@H]1C2. The van der Waals surface area contributed by atoms with E-state index in [0.29, 0.717) is 17.2 Å². The van der Waals surface area contributed by atoms with E-state index in [0.717, 1.165) is 17.9 Å². The van der Waals surface area contributed by atoms with Gasteiger partial charge in [0.1, 0.15) is 0 Å². The highest BCUT2D eigenvalue weighted by Crippen LogP contribution is 2.44. The first kappa shape index (κ1) is 19.0. The molecule has 2 aromatic carbocycles. The Morgan fingerprint density at radius 3 is 2.39 bits per heavy atom. The van der Waals surface area contributed by atoms with E-state index in [1.807, 2.05) is 30.3 Å². The molecule has 3 atom stereocenters. The van der Waals surface area contributed by atoms with E-state index in [4.69, 9.17) is 0 Å². The van der Waals surface area contributed by atoms with Crippen molar-refractivity contribution in [3.63, 3.8) is 0 Å². The average molecular weight is 399 g/mol. The zero-order valence-corrected chi connectivity index (χ0v) is 16.9. The molecule has 0 aliphatic heterocycles. The third-order valence-corrected chi connectivity index (χ3v) is 7.17. The molecule has 0 heterocycles. The van der Waals surface area contributed by atoms with E-state index in [1.54, 1.807) is 24.3 Å². The molecule has 0 spiro atoms. The summed E-state index contributed by atoms with van der Waals surface area (Å²) in [5, 5.41) is 3.18. The second kappa shape index (κ2) is 7.59. The normalized spacial score (nSPS) is 23.5. The van der Waals surface area contributed by atoms with Crippen molar-refractivity contribution in [2.45, 2.75) is 38.3 Å². The predicted octanol–water partition coefficient (Wildman–Crippen LogP) is 3.57. The lowest BCUT2D eigenvalue weighted by molar-refractivity contribution is 0.0923. The molecule has 2 aliphatic carbocycles. The number of fused-ring (bicyclic) bond motifs is 2. The lowest BCUT2D eigenvalue weighted by Gasteiger charge is -2.27. The maximum atomic E-state index is 13.0. The molecule has 2 aromatic rings. The summed E-state index contributed by atoms with van der Waals surface area (Å²) in [4.78, 5) is 13.0. The molecule has 2 bridgehead atoms. The first-order valence-corrected chi connectivity index (χ1v) is 11.7. The number of amides is 1. The van der Waals surface area contributed by atoms with Gasteiger partial charge in [-0.2, -0.15) is 0 Å². The minimum atomic E-state index is -3.55. The lowest BCUT2D eigenvalue weighted by Crippen LogP contribution is -2.39. The number of sulfonamides is 1.